The predicted molar refractivity (Wildman–Crippen MR) is 122 cm³/mol. The van der Waals surface area contributed by atoms with Gasteiger partial charge >= 0.3 is 0 Å². The van der Waals surface area contributed by atoms with Crippen molar-refractivity contribution in [1.29, 1.82) is 0 Å². The zero-order valence-electron chi connectivity index (χ0n) is 17.1. The summed E-state index contributed by atoms with van der Waals surface area (Å²) in [6.07, 6.45) is 1.47. The van der Waals surface area contributed by atoms with Crippen LogP contribution in [0, 0.1) is 5.82 Å². The molecular weight excluding hydrogens is 455 g/mol. The summed E-state index contributed by atoms with van der Waals surface area (Å²) in [4.78, 5) is 12.6. The fourth-order valence-corrected chi connectivity index (χ4v) is 5.51. The number of nitrogens with zero attached hydrogens (tertiary/aromatic N) is 1. The number of ether oxygens (including phenoxy) is 1. The van der Waals surface area contributed by atoms with Gasteiger partial charge in [-0.1, -0.05) is 29.8 Å². The number of amides is 1. The Morgan fingerprint density at radius 1 is 1.12 bits per heavy atom. The largest absolute Gasteiger partial charge is 0.495 e. The van der Waals surface area contributed by atoms with Crippen LogP contribution in [-0.2, 0) is 16.4 Å². The third-order valence-corrected chi connectivity index (χ3v) is 7.38. The van der Waals surface area contributed by atoms with Gasteiger partial charge in [-0.15, -0.1) is 0 Å². The second kappa shape index (κ2) is 8.80. The molecule has 0 saturated heterocycles. The lowest BCUT2D eigenvalue weighted by molar-refractivity contribution is 0.102. The molecule has 1 heterocycles. The van der Waals surface area contributed by atoms with E-state index in [-0.39, 0.29) is 26.9 Å². The Morgan fingerprint density at radius 3 is 2.66 bits per heavy atom. The van der Waals surface area contributed by atoms with Gasteiger partial charge in [0, 0.05) is 17.8 Å². The zero-order valence-corrected chi connectivity index (χ0v) is 18.7. The highest BCUT2D eigenvalue weighted by atomic mass is 35.5. The number of carbonyl (C=O) groups is 1. The number of methoxy groups -OCH3 is 1. The van der Waals surface area contributed by atoms with Crippen LogP contribution in [0.5, 0.6) is 5.75 Å². The van der Waals surface area contributed by atoms with E-state index in [1.807, 2.05) is 12.1 Å². The molecule has 32 heavy (non-hydrogen) atoms. The van der Waals surface area contributed by atoms with E-state index in [0.717, 1.165) is 18.1 Å². The van der Waals surface area contributed by atoms with Gasteiger partial charge in [0.05, 0.1) is 17.8 Å². The summed E-state index contributed by atoms with van der Waals surface area (Å²) in [5.41, 5.74) is 1.85. The number of benzene rings is 3. The van der Waals surface area contributed by atoms with Crippen LogP contribution in [-0.4, -0.2) is 28.0 Å². The van der Waals surface area contributed by atoms with Crippen molar-refractivity contribution >= 4 is 38.9 Å². The fourth-order valence-electron chi connectivity index (χ4n) is 3.66. The topological polar surface area (TPSA) is 75.7 Å². The van der Waals surface area contributed by atoms with Gasteiger partial charge < -0.3 is 10.1 Å². The first-order valence-electron chi connectivity index (χ1n) is 9.86. The molecule has 3 aromatic carbocycles. The smallest absolute Gasteiger partial charge is 0.268 e. The zero-order chi connectivity index (χ0) is 22.9. The summed E-state index contributed by atoms with van der Waals surface area (Å²) in [7, 11) is -2.64. The second-order valence-electron chi connectivity index (χ2n) is 7.26. The first kappa shape index (κ1) is 22.1. The maximum Gasteiger partial charge on any atom is 0.268 e. The standard InChI is InChI=1S/C23H20ClFN2O4S/c1-31-21-11-8-16(23(28)26-17-9-10-18(24)19(25)14-17)13-22(21)32(29,30)27-12-4-6-15-5-2-3-7-20(15)27/h2-3,5,7-11,13-14H,4,6,12H2,1H3,(H,26,28). The second-order valence-corrected chi connectivity index (χ2v) is 9.50. The number of carbonyl (C=O) groups excluding carboxylic acids is 1. The normalized spacial score (nSPS) is 13.4. The average Bonchev–Trinajstić information content (AvgIpc) is 2.80. The van der Waals surface area contributed by atoms with Gasteiger partial charge in [0.25, 0.3) is 15.9 Å². The molecular formula is C23H20ClFN2O4S. The van der Waals surface area contributed by atoms with Crippen LogP contribution in [0.4, 0.5) is 15.8 Å². The number of halogens is 2. The average molecular weight is 475 g/mol. The SMILES string of the molecule is COc1ccc(C(=O)Nc2ccc(Cl)c(F)c2)cc1S(=O)(=O)N1CCCc2ccccc21. The van der Waals surface area contributed by atoms with E-state index in [0.29, 0.717) is 18.7 Å². The van der Waals surface area contributed by atoms with Gasteiger partial charge in [-0.2, -0.15) is 0 Å². The first-order valence-corrected chi connectivity index (χ1v) is 11.7. The molecule has 0 atom stereocenters. The molecule has 4 rings (SSSR count). The van der Waals surface area contributed by atoms with Crippen LogP contribution < -0.4 is 14.4 Å². The molecule has 0 saturated carbocycles. The summed E-state index contributed by atoms with van der Waals surface area (Å²) in [6.45, 7) is 0.322. The fraction of sp³-hybridized carbons (Fsp3) is 0.174. The van der Waals surface area contributed by atoms with Gasteiger partial charge in [-0.05, 0) is 60.9 Å². The van der Waals surface area contributed by atoms with Crippen molar-refractivity contribution < 1.29 is 22.3 Å². The highest BCUT2D eigenvalue weighted by Gasteiger charge is 2.32. The quantitative estimate of drug-likeness (QED) is 0.571. The lowest BCUT2D eigenvalue weighted by Gasteiger charge is -2.31. The van der Waals surface area contributed by atoms with Gasteiger partial charge in [-0.3, -0.25) is 9.10 Å². The molecule has 0 fully saturated rings. The Kier molecular flexibility index (Phi) is 6.08. The van der Waals surface area contributed by atoms with E-state index < -0.39 is 21.7 Å². The number of para-hydroxylation sites is 1. The number of aryl methyl sites for hydroxylation is 1. The monoisotopic (exact) mass is 474 g/mol. The Morgan fingerprint density at radius 2 is 1.91 bits per heavy atom. The first-order chi connectivity index (χ1) is 15.3. The molecule has 0 bridgehead atoms. The van der Waals surface area contributed by atoms with Crippen LogP contribution in [0.3, 0.4) is 0 Å². The number of hydrogen-bond donors (Lipinski definition) is 1. The van der Waals surface area contributed by atoms with E-state index in [4.69, 9.17) is 16.3 Å². The van der Waals surface area contributed by atoms with E-state index in [1.165, 1.54) is 41.7 Å². The number of fused-ring (bicyclic) bond motifs is 1. The summed E-state index contributed by atoms with van der Waals surface area (Å²) < 4.78 is 47.5. The highest BCUT2D eigenvalue weighted by Crippen LogP contribution is 2.35. The Labute approximate surface area is 190 Å². The van der Waals surface area contributed by atoms with Crippen molar-refractivity contribution in [3.63, 3.8) is 0 Å². The summed E-state index contributed by atoms with van der Waals surface area (Å²) >= 11 is 5.68. The molecule has 0 aliphatic carbocycles. The molecule has 6 nitrogen and oxygen atoms in total. The van der Waals surface area contributed by atoms with Crippen molar-refractivity contribution in [3.8, 4) is 5.75 Å². The molecule has 1 N–H and O–H groups in total. The Bertz CT molecular complexity index is 1300. The summed E-state index contributed by atoms with van der Waals surface area (Å²) in [6, 6.07) is 15.4. The molecule has 3 aromatic rings. The van der Waals surface area contributed by atoms with Crippen LogP contribution in [0.2, 0.25) is 5.02 Å². The van der Waals surface area contributed by atoms with Crippen molar-refractivity contribution in [2.45, 2.75) is 17.7 Å². The van der Waals surface area contributed by atoms with Gasteiger partial charge in [0.1, 0.15) is 16.5 Å². The number of anilines is 2. The molecule has 1 amide bonds. The molecule has 0 radical (unpaired) electrons. The maximum absolute atomic E-state index is 13.7. The van der Waals surface area contributed by atoms with Crippen LogP contribution >= 0.6 is 11.6 Å². The number of hydrogen-bond acceptors (Lipinski definition) is 4. The molecule has 1 aliphatic heterocycles. The number of rotatable bonds is 5. The highest BCUT2D eigenvalue weighted by molar-refractivity contribution is 7.93. The third-order valence-electron chi connectivity index (χ3n) is 5.24. The summed E-state index contributed by atoms with van der Waals surface area (Å²) in [5.74, 6) is -1.14. The van der Waals surface area contributed by atoms with Crippen molar-refractivity contribution in [2.24, 2.45) is 0 Å². The minimum Gasteiger partial charge on any atom is -0.495 e. The molecule has 0 aromatic heterocycles. The lowest BCUT2D eigenvalue weighted by Crippen LogP contribution is -2.35. The molecule has 9 heteroatoms. The lowest BCUT2D eigenvalue weighted by atomic mass is 10.0. The van der Waals surface area contributed by atoms with E-state index >= 15 is 0 Å². The van der Waals surface area contributed by atoms with Gasteiger partial charge in [-0.25, -0.2) is 12.8 Å². The number of sulfonamides is 1. The van der Waals surface area contributed by atoms with Crippen LogP contribution in [0.1, 0.15) is 22.3 Å². The Hall–Kier alpha value is -3.10. The van der Waals surface area contributed by atoms with Gasteiger partial charge in [0.15, 0.2) is 0 Å². The molecule has 0 unspecified atom stereocenters. The molecule has 1 aliphatic rings. The van der Waals surface area contributed by atoms with E-state index in [2.05, 4.69) is 5.32 Å². The van der Waals surface area contributed by atoms with Crippen molar-refractivity contribution in [2.75, 3.05) is 23.3 Å². The minimum atomic E-state index is -4.01. The molecule has 166 valence electrons. The van der Waals surface area contributed by atoms with Crippen LogP contribution in [0.15, 0.2) is 65.6 Å². The predicted octanol–water partition coefficient (Wildman–Crippen LogP) is 4.88. The van der Waals surface area contributed by atoms with E-state index in [9.17, 15) is 17.6 Å². The Balaban J connectivity index is 1.71. The molecule has 0 spiro atoms. The van der Waals surface area contributed by atoms with Crippen molar-refractivity contribution in [1.82, 2.24) is 0 Å². The maximum atomic E-state index is 13.7. The van der Waals surface area contributed by atoms with Crippen LogP contribution in [0.25, 0.3) is 0 Å². The van der Waals surface area contributed by atoms with E-state index in [1.54, 1.807) is 12.1 Å². The van der Waals surface area contributed by atoms with Gasteiger partial charge in [0.2, 0.25) is 0 Å². The minimum absolute atomic E-state index is 0.0670. The number of nitrogens with one attached hydrogen (secondary N) is 1. The summed E-state index contributed by atoms with van der Waals surface area (Å²) in [5, 5.41) is 2.48. The van der Waals surface area contributed by atoms with Crippen molar-refractivity contribution in [3.05, 3.63) is 82.6 Å². The third kappa shape index (κ3) is 4.16.